The summed E-state index contributed by atoms with van der Waals surface area (Å²) >= 11 is 17.4. The molecule has 0 fully saturated rings. The van der Waals surface area contributed by atoms with E-state index < -0.39 is 14.6 Å². The van der Waals surface area contributed by atoms with Crippen LogP contribution in [0.5, 0.6) is 11.5 Å². The number of ether oxygens (including phenoxy) is 1. The van der Waals surface area contributed by atoms with Crippen molar-refractivity contribution >= 4 is 47.8 Å². The van der Waals surface area contributed by atoms with Gasteiger partial charge in [-0.3, -0.25) is 0 Å². The van der Waals surface area contributed by atoms with E-state index >= 15 is 0 Å². The van der Waals surface area contributed by atoms with Crippen molar-refractivity contribution in [3.05, 3.63) is 23.8 Å². The molecule has 0 saturated heterocycles. The topological polar surface area (TPSA) is 27.7 Å². The Balaban J connectivity index is 2.07. The average Bonchev–Trinajstić information content (AvgIpc) is 2.35. The predicted octanol–water partition coefficient (Wildman–Crippen LogP) is 4.65. The molecule has 1 aliphatic rings. The fourth-order valence-electron chi connectivity index (χ4n) is 2.09. The molecule has 112 valence electrons. The van der Waals surface area contributed by atoms with E-state index in [1.165, 1.54) is 0 Å². The number of rotatable bonds is 5. The molecule has 0 N–H and O–H groups in total. The van der Waals surface area contributed by atoms with Gasteiger partial charge in [0.25, 0.3) is 0 Å². The highest BCUT2D eigenvalue weighted by atomic mass is 35.8. The summed E-state index contributed by atoms with van der Waals surface area (Å²) in [6.45, 7) is 4.79. The molecule has 1 aromatic carbocycles. The van der Waals surface area contributed by atoms with Gasteiger partial charge in [0.15, 0.2) is 0 Å². The third-order valence-corrected chi connectivity index (χ3v) is 7.27. The maximum Gasteiger partial charge on any atom is 0.395 e. The van der Waals surface area contributed by atoms with Crippen LogP contribution < -0.4 is 9.16 Å². The molecule has 0 aliphatic carbocycles. The number of benzene rings is 1. The van der Waals surface area contributed by atoms with E-state index in [9.17, 15) is 0 Å². The molecule has 0 aromatic heterocycles. The van der Waals surface area contributed by atoms with E-state index in [0.29, 0.717) is 12.4 Å². The zero-order valence-corrected chi connectivity index (χ0v) is 15.7. The quantitative estimate of drug-likeness (QED) is 0.557. The highest BCUT2D eigenvalue weighted by Crippen LogP contribution is 2.34. The Hall–Kier alpha value is 0.0838. The molecular formula is C12H17Cl3O3Si2. The van der Waals surface area contributed by atoms with Gasteiger partial charge in [-0.15, -0.1) is 33.2 Å². The van der Waals surface area contributed by atoms with Crippen molar-refractivity contribution in [2.45, 2.75) is 32.5 Å². The normalized spacial score (nSPS) is 22.1. The molecular weight excluding hydrogens is 355 g/mol. The molecule has 0 spiro atoms. The fourth-order valence-corrected chi connectivity index (χ4v) is 5.25. The zero-order chi connectivity index (χ0) is 14.8. The second kappa shape index (κ2) is 6.46. The van der Waals surface area contributed by atoms with Gasteiger partial charge in [0.05, 0.1) is 6.61 Å². The van der Waals surface area contributed by atoms with Crippen LogP contribution in [0.4, 0.5) is 0 Å². The van der Waals surface area contributed by atoms with E-state index in [4.69, 9.17) is 46.8 Å². The van der Waals surface area contributed by atoms with Gasteiger partial charge in [0, 0.05) is 11.6 Å². The lowest BCUT2D eigenvalue weighted by atomic mass is 10.2. The number of hydrogen-bond donors (Lipinski definition) is 0. The first-order valence-corrected chi connectivity index (χ1v) is 14.2. The van der Waals surface area contributed by atoms with Gasteiger partial charge >= 0.3 is 14.6 Å². The smallest absolute Gasteiger partial charge is 0.395 e. The molecule has 0 saturated carbocycles. The first-order valence-electron chi connectivity index (χ1n) is 6.47. The second-order valence-electron chi connectivity index (χ2n) is 4.95. The SMILES string of the molecule is CCC[Si]1(C)OCc2cc(OC[Si](Cl)(Cl)Cl)ccc2O1. The van der Waals surface area contributed by atoms with Gasteiger partial charge in [-0.2, -0.15) is 0 Å². The van der Waals surface area contributed by atoms with E-state index in [0.717, 1.165) is 23.8 Å². The molecule has 1 atom stereocenters. The summed E-state index contributed by atoms with van der Waals surface area (Å²) in [6, 6.07) is 3.86. The molecule has 20 heavy (non-hydrogen) atoms. The monoisotopic (exact) mass is 370 g/mol. The highest BCUT2D eigenvalue weighted by Gasteiger charge is 2.37. The van der Waals surface area contributed by atoms with Crippen LogP contribution in [0.25, 0.3) is 0 Å². The Labute approximate surface area is 135 Å². The van der Waals surface area contributed by atoms with Gasteiger partial charge in [-0.25, -0.2) is 0 Å². The summed E-state index contributed by atoms with van der Waals surface area (Å²) in [5, 5.41) is 0. The van der Waals surface area contributed by atoms with Crippen LogP contribution in [0.3, 0.4) is 0 Å². The molecule has 1 unspecified atom stereocenters. The molecule has 1 aliphatic heterocycles. The maximum atomic E-state index is 6.05. The van der Waals surface area contributed by atoms with E-state index in [-0.39, 0.29) is 6.23 Å². The molecule has 0 bridgehead atoms. The average molecular weight is 372 g/mol. The first-order chi connectivity index (χ1) is 9.31. The van der Waals surface area contributed by atoms with Crippen LogP contribution in [-0.4, -0.2) is 20.8 Å². The van der Waals surface area contributed by atoms with Gasteiger partial charge in [0.2, 0.25) is 0 Å². The van der Waals surface area contributed by atoms with Gasteiger partial charge < -0.3 is 13.6 Å². The summed E-state index contributed by atoms with van der Waals surface area (Å²) in [5.74, 6) is 1.56. The molecule has 2 rings (SSSR count). The Morgan fingerprint density at radius 2 is 2.10 bits per heavy atom. The molecule has 1 aromatic rings. The predicted molar refractivity (Wildman–Crippen MR) is 87.4 cm³/mol. The Morgan fingerprint density at radius 1 is 1.35 bits per heavy atom. The lowest BCUT2D eigenvalue weighted by molar-refractivity contribution is 0.204. The Morgan fingerprint density at radius 3 is 2.75 bits per heavy atom. The lowest BCUT2D eigenvalue weighted by Crippen LogP contribution is -2.44. The summed E-state index contributed by atoms with van der Waals surface area (Å²) in [5.41, 5.74) is 0.981. The minimum atomic E-state index is -2.77. The Kier molecular flexibility index (Phi) is 5.31. The second-order valence-corrected chi connectivity index (χ2v) is 17.3. The summed E-state index contributed by atoms with van der Waals surface area (Å²) in [7, 11) is -2.05. The van der Waals surface area contributed by atoms with Crippen molar-refractivity contribution in [2.24, 2.45) is 0 Å². The van der Waals surface area contributed by atoms with Crippen LogP contribution in [0, 0.1) is 0 Å². The molecule has 8 heteroatoms. The molecule has 0 amide bonds. The lowest BCUT2D eigenvalue weighted by Gasteiger charge is -2.33. The van der Waals surface area contributed by atoms with Crippen LogP contribution in [-0.2, 0) is 11.0 Å². The highest BCUT2D eigenvalue weighted by molar-refractivity contribution is 7.64. The van der Waals surface area contributed by atoms with Crippen LogP contribution >= 0.6 is 33.2 Å². The first kappa shape index (κ1) is 16.5. The van der Waals surface area contributed by atoms with E-state index in [1.54, 1.807) is 0 Å². The largest absolute Gasteiger partial charge is 0.520 e. The van der Waals surface area contributed by atoms with Gasteiger partial charge in [-0.1, -0.05) is 13.3 Å². The zero-order valence-electron chi connectivity index (χ0n) is 11.4. The van der Waals surface area contributed by atoms with Gasteiger partial charge in [0.1, 0.15) is 17.7 Å². The van der Waals surface area contributed by atoms with Crippen molar-refractivity contribution in [3.63, 3.8) is 0 Å². The summed E-state index contributed by atoms with van der Waals surface area (Å²) in [4.78, 5) is 0. The Bertz CT molecular complexity index is 482. The number of hydrogen-bond acceptors (Lipinski definition) is 3. The van der Waals surface area contributed by atoms with E-state index in [2.05, 4.69) is 13.5 Å². The standard InChI is InChI=1S/C12H17Cl3O3Si2/c1-3-6-19(2)17-8-10-7-11(4-5-12(10)18-19)16-9-20(13,14)15/h4-5,7H,3,6,8-9H2,1-2H3. The molecule has 3 nitrogen and oxygen atoms in total. The van der Waals surface area contributed by atoms with Gasteiger partial charge in [-0.05, 0) is 24.7 Å². The number of halogens is 3. The molecule has 0 radical (unpaired) electrons. The van der Waals surface area contributed by atoms with Crippen molar-refractivity contribution in [3.8, 4) is 11.5 Å². The minimum Gasteiger partial charge on any atom is -0.520 e. The van der Waals surface area contributed by atoms with Crippen LogP contribution in [0.15, 0.2) is 18.2 Å². The molecule has 1 heterocycles. The third-order valence-electron chi connectivity index (χ3n) is 3.00. The van der Waals surface area contributed by atoms with Crippen molar-refractivity contribution in [1.29, 1.82) is 0 Å². The maximum absolute atomic E-state index is 6.05. The number of fused-ring (bicyclic) bond motifs is 1. The minimum absolute atomic E-state index is 0.139. The van der Waals surface area contributed by atoms with Crippen molar-refractivity contribution < 1.29 is 13.6 Å². The third kappa shape index (κ3) is 4.54. The fraction of sp³-hybridized carbons (Fsp3) is 0.500. The van der Waals surface area contributed by atoms with Crippen LogP contribution in [0.1, 0.15) is 18.9 Å². The van der Waals surface area contributed by atoms with E-state index in [1.807, 2.05) is 18.2 Å². The summed E-state index contributed by atoms with van der Waals surface area (Å²) < 4.78 is 17.5. The van der Waals surface area contributed by atoms with Crippen molar-refractivity contribution in [2.75, 3.05) is 6.23 Å². The van der Waals surface area contributed by atoms with Crippen LogP contribution in [0.2, 0.25) is 12.6 Å². The summed E-state index contributed by atoms with van der Waals surface area (Å²) in [6.07, 6.45) is 1.20. The van der Waals surface area contributed by atoms with Crippen molar-refractivity contribution in [1.82, 2.24) is 0 Å².